The van der Waals surface area contributed by atoms with E-state index in [1.807, 2.05) is 79.7 Å². The number of hydrogen-bond acceptors (Lipinski definition) is 7. The number of ether oxygens (including phenoxy) is 3. The highest BCUT2D eigenvalue weighted by atomic mass is 32.2. The van der Waals surface area contributed by atoms with Gasteiger partial charge in [-0.05, 0) is 86.1 Å². The largest absolute Gasteiger partial charge is 0.489 e. The molecular weight excluding hydrogens is 577 g/mol. The van der Waals surface area contributed by atoms with Gasteiger partial charge in [0.15, 0.2) is 0 Å². The number of thioether (sulfide) groups is 2. The van der Waals surface area contributed by atoms with Gasteiger partial charge < -0.3 is 19.3 Å². The summed E-state index contributed by atoms with van der Waals surface area (Å²) in [5.41, 5.74) is 3.48. The standard InChI is InChI=1S/C36H46O5S2/c1-28(37)14-12-21-36(42-22-13-23-43-36)20-11-5-10-19-31-24-32(40-26-29-15-6-3-7-16-29)25-33(34(31)35(38)39-2)41-27-30-17-8-4-9-18-30/h3-4,6-9,15-18,24-25,28,37H,5,10-14,19-23,26-27H2,1-2H3. The van der Waals surface area contributed by atoms with Crippen LogP contribution in [0.25, 0.3) is 0 Å². The summed E-state index contributed by atoms with van der Waals surface area (Å²) in [7, 11) is 1.42. The maximum absolute atomic E-state index is 13.1. The van der Waals surface area contributed by atoms with E-state index in [0.717, 1.165) is 61.6 Å². The molecule has 232 valence electrons. The Labute approximate surface area is 266 Å². The van der Waals surface area contributed by atoms with Gasteiger partial charge in [0.25, 0.3) is 0 Å². The normalized spacial score (nSPS) is 15.0. The Morgan fingerprint density at radius 3 is 2.12 bits per heavy atom. The van der Waals surface area contributed by atoms with Crippen LogP contribution in [0.5, 0.6) is 11.5 Å². The summed E-state index contributed by atoms with van der Waals surface area (Å²) in [6.45, 7) is 2.66. The van der Waals surface area contributed by atoms with Crippen molar-refractivity contribution in [1.29, 1.82) is 0 Å². The van der Waals surface area contributed by atoms with Gasteiger partial charge in [0.05, 0.1) is 17.3 Å². The van der Waals surface area contributed by atoms with Gasteiger partial charge in [-0.25, -0.2) is 4.79 Å². The highest BCUT2D eigenvalue weighted by Gasteiger charge is 2.32. The molecule has 4 rings (SSSR count). The Morgan fingerprint density at radius 1 is 0.860 bits per heavy atom. The van der Waals surface area contributed by atoms with Gasteiger partial charge in [0, 0.05) is 6.07 Å². The van der Waals surface area contributed by atoms with Crippen LogP contribution in [0.4, 0.5) is 0 Å². The second-order valence-electron chi connectivity index (χ2n) is 11.3. The summed E-state index contributed by atoms with van der Waals surface area (Å²) in [5, 5.41) is 9.76. The predicted octanol–water partition coefficient (Wildman–Crippen LogP) is 8.85. The maximum Gasteiger partial charge on any atom is 0.341 e. The van der Waals surface area contributed by atoms with Crippen molar-refractivity contribution < 1.29 is 24.1 Å². The first-order valence-corrected chi connectivity index (χ1v) is 17.5. The number of methoxy groups -OCH3 is 1. The maximum atomic E-state index is 13.1. The van der Waals surface area contributed by atoms with Crippen LogP contribution in [0.2, 0.25) is 0 Å². The van der Waals surface area contributed by atoms with E-state index in [2.05, 4.69) is 23.5 Å². The zero-order valence-electron chi connectivity index (χ0n) is 25.6. The van der Waals surface area contributed by atoms with Crippen molar-refractivity contribution in [2.24, 2.45) is 0 Å². The zero-order valence-corrected chi connectivity index (χ0v) is 27.2. The third-order valence-corrected chi connectivity index (χ3v) is 11.3. The molecule has 0 bridgehead atoms. The van der Waals surface area contributed by atoms with Crippen LogP contribution in [0.15, 0.2) is 72.8 Å². The van der Waals surface area contributed by atoms with E-state index in [9.17, 15) is 9.90 Å². The molecule has 1 aliphatic rings. The lowest BCUT2D eigenvalue weighted by molar-refractivity contribution is 0.0594. The van der Waals surface area contributed by atoms with Gasteiger partial charge in [0.2, 0.25) is 0 Å². The minimum atomic E-state index is -0.389. The smallest absolute Gasteiger partial charge is 0.341 e. The number of carbonyl (C=O) groups is 1. The number of unbranched alkanes of at least 4 members (excludes halogenated alkanes) is 2. The van der Waals surface area contributed by atoms with Crippen molar-refractivity contribution in [3.8, 4) is 11.5 Å². The molecule has 1 N–H and O–H groups in total. The number of aliphatic hydroxyl groups excluding tert-OH is 1. The van der Waals surface area contributed by atoms with Gasteiger partial charge in [-0.15, -0.1) is 23.5 Å². The van der Waals surface area contributed by atoms with Crippen molar-refractivity contribution in [2.45, 2.75) is 88.1 Å². The minimum absolute atomic E-state index is 0.228. The molecule has 0 saturated carbocycles. The van der Waals surface area contributed by atoms with Crippen LogP contribution >= 0.6 is 23.5 Å². The third kappa shape index (κ3) is 10.8. The zero-order chi connectivity index (χ0) is 30.3. The topological polar surface area (TPSA) is 65.0 Å². The third-order valence-electron chi connectivity index (χ3n) is 7.73. The minimum Gasteiger partial charge on any atom is -0.489 e. The van der Waals surface area contributed by atoms with Gasteiger partial charge >= 0.3 is 5.97 Å². The fourth-order valence-corrected chi connectivity index (χ4v) is 8.93. The molecule has 43 heavy (non-hydrogen) atoms. The van der Waals surface area contributed by atoms with E-state index in [4.69, 9.17) is 14.2 Å². The van der Waals surface area contributed by atoms with Crippen LogP contribution in [-0.2, 0) is 24.4 Å². The quantitative estimate of drug-likeness (QED) is 0.119. The van der Waals surface area contributed by atoms with Crippen molar-refractivity contribution in [3.05, 3.63) is 95.1 Å². The molecular formula is C36H46O5S2. The van der Waals surface area contributed by atoms with E-state index in [0.29, 0.717) is 30.3 Å². The molecule has 7 heteroatoms. The number of aliphatic hydroxyl groups is 1. The molecule has 5 nitrogen and oxygen atoms in total. The number of benzene rings is 3. The molecule has 0 aliphatic carbocycles. The molecule has 1 atom stereocenters. The number of hydrogen-bond donors (Lipinski definition) is 1. The van der Waals surface area contributed by atoms with Gasteiger partial charge in [0.1, 0.15) is 30.3 Å². The lowest BCUT2D eigenvalue weighted by Crippen LogP contribution is -2.25. The molecule has 1 unspecified atom stereocenters. The average molecular weight is 623 g/mol. The van der Waals surface area contributed by atoms with Crippen LogP contribution < -0.4 is 9.47 Å². The van der Waals surface area contributed by atoms with E-state index in [1.165, 1.54) is 31.5 Å². The first-order valence-electron chi connectivity index (χ1n) is 15.5. The molecule has 1 heterocycles. The summed E-state index contributed by atoms with van der Waals surface area (Å²) in [5.74, 6) is 3.24. The van der Waals surface area contributed by atoms with E-state index >= 15 is 0 Å². The Morgan fingerprint density at radius 2 is 1.49 bits per heavy atom. The Balaban J connectivity index is 1.46. The highest BCUT2D eigenvalue weighted by molar-refractivity contribution is 8.18. The van der Waals surface area contributed by atoms with Crippen LogP contribution in [-0.4, -0.2) is 39.9 Å². The highest BCUT2D eigenvalue weighted by Crippen LogP contribution is 2.49. The second-order valence-corrected chi connectivity index (χ2v) is 14.5. The first-order chi connectivity index (χ1) is 21.0. The molecule has 1 aliphatic heterocycles. The van der Waals surface area contributed by atoms with Crippen LogP contribution in [0.1, 0.15) is 85.3 Å². The lowest BCUT2D eigenvalue weighted by Gasteiger charge is -2.36. The molecule has 0 spiro atoms. The van der Waals surface area contributed by atoms with Gasteiger partial charge in [-0.2, -0.15) is 0 Å². The monoisotopic (exact) mass is 622 g/mol. The molecule has 1 saturated heterocycles. The Kier molecular flexibility index (Phi) is 13.6. The second kappa shape index (κ2) is 17.6. The summed E-state index contributed by atoms with van der Waals surface area (Å²) >= 11 is 4.25. The van der Waals surface area contributed by atoms with E-state index in [-0.39, 0.29) is 16.2 Å². The predicted molar refractivity (Wildman–Crippen MR) is 179 cm³/mol. The average Bonchev–Trinajstić information content (AvgIpc) is 3.03. The fraction of sp³-hybridized carbons (Fsp3) is 0.472. The van der Waals surface area contributed by atoms with Crippen molar-refractivity contribution in [1.82, 2.24) is 0 Å². The molecule has 0 aromatic heterocycles. The van der Waals surface area contributed by atoms with E-state index in [1.54, 1.807) is 0 Å². The Hall–Kier alpha value is -2.61. The van der Waals surface area contributed by atoms with Crippen molar-refractivity contribution in [3.63, 3.8) is 0 Å². The Bertz CT molecular complexity index is 1240. The van der Waals surface area contributed by atoms with Crippen molar-refractivity contribution >= 4 is 29.5 Å². The van der Waals surface area contributed by atoms with Gasteiger partial charge in [-0.1, -0.05) is 73.5 Å². The van der Waals surface area contributed by atoms with Crippen LogP contribution in [0, 0.1) is 0 Å². The molecule has 3 aromatic rings. The SMILES string of the molecule is COC(=O)c1c(CCCCCC2(CCCC(C)O)SCCCS2)cc(OCc2ccccc2)cc1OCc1ccccc1. The number of carbonyl (C=O) groups excluding carboxylic acids is 1. The number of aryl methyl sites for hydroxylation is 1. The lowest BCUT2D eigenvalue weighted by atomic mass is 9.98. The summed E-state index contributed by atoms with van der Waals surface area (Å²) < 4.78 is 18.0. The molecule has 0 amide bonds. The number of rotatable bonds is 17. The first kappa shape index (κ1) is 33.3. The summed E-state index contributed by atoms with van der Waals surface area (Å²) in [4.78, 5) is 13.1. The summed E-state index contributed by atoms with van der Waals surface area (Å²) in [6, 6.07) is 23.8. The molecule has 0 radical (unpaired) electrons. The van der Waals surface area contributed by atoms with E-state index < -0.39 is 0 Å². The number of esters is 1. The molecule has 1 fully saturated rings. The van der Waals surface area contributed by atoms with Crippen LogP contribution in [0.3, 0.4) is 0 Å². The van der Waals surface area contributed by atoms with Gasteiger partial charge in [-0.3, -0.25) is 0 Å². The van der Waals surface area contributed by atoms with Crippen molar-refractivity contribution in [2.75, 3.05) is 18.6 Å². The summed E-state index contributed by atoms with van der Waals surface area (Å²) in [6.07, 6.45) is 9.25. The molecule has 3 aromatic carbocycles. The fourth-order valence-electron chi connectivity index (χ4n) is 5.43.